The molecule has 0 bridgehead atoms. The molecule has 1 N–H and O–H groups in total. The van der Waals surface area contributed by atoms with Crippen LogP contribution in [0.4, 0.5) is 4.79 Å². The molecule has 188 valence electrons. The van der Waals surface area contributed by atoms with Crippen molar-refractivity contribution in [2.24, 2.45) is 0 Å². The summed E-state index contributed by atoms with van der Waals surface area (Å²) in [6.07, 6.45) is 2.06. The standard InChI is InChI=1S/C25H36N2O7/c1-9-11-20(33-17(3)28)16-27(15-18-12-13-19(31-7)14-22(18)32-8)23(29)21(10-2)26-24(30)34-25(4,5)6/h9-10,12-14,20H,1,11,15-16H2,2-8H3,(H,26,30)/b21-10+. The van der Waals surface area contributed by atoms with Gasteiger partial charge in [0.2, 0.25) is 0 Å². The van der Waals surface area contributed by atoms with E-state index in [-0.39, 0.29) is 18.8 Å². The van der Waals surface area contributed by atoms with Crippen molar-refractivity contribution < 1.29 is 33.3 Å². The molecule has 0 spiro atoms. The first-order valence-electron chi connectivity index (χ1n) is 10.9. The molecule has 2 amide bonds. The summed E-state index contributed by atoms with van der Waals surface area (Å²) < 4.78 is 21.4. The van der Waals surface area contributed by atoms with Crippen molar-refractivity contribution >= 4 is 18.0 Å². The maximum atomic E-state index is 13.5. The van der Waals surface area contributed by atoms with Crippen molar-refractivity contribution in [2.45, 2.75) is 59.3 Å². The third kappa shape index (κ3) is 9.56. The molecule has 1 aromatic rings. The molecular formula is C25H36N2O7. The number of carbonyl (C=O) groups is 3. The Bertz CT molecular complexity index is 903. The fraction of sp³-hybridized carbons (Fsp3) is 0.480. The summed E-state index contributed by atoms with van der Waals surface area (Å²) >= 11 is 0. The van der Waals surface area contributed by atoms with Crippen molar-refractivity contribution in [2.75, 3.05) is 20.8 Å². The van der Waals surface area contributed by atoms with Gasteiger partial charge < -0.3 is 23.8 Å². The number of methoxy groups -OCH3 is 2. The van der Waals surface area contributed by atoms with Crippen LogP contribution < -0.4 is 14.8 Å². The second-order valence-electron chi connectivity index (χ2n) is 8.45. The second kappa shape index (κ2) is 13.3. The Labute approximate surface area is 201 Å². The lowest BCUT2D eigenvalue weighted by atomic mass is 10.1. The van der Waals surface area contributed by atoms with Crippen molar-refractivity contribution in [3.8, 4) is 11.5 Å². The first-order valence-corrected chi connectivity index (χ1v) is 10.9. The van der Waals surface area contributed by atoms with E-state index in [4.69, 9.17) is 18.9 Å². The molecule has 1 rings (SSSR count). The number of carbonyl (C=O) groups excluding carboxylic acids is 3. The van der Waals surface area contributed by atoms with Crippen LogP contribution in [0.25, 0.3) is 0 Å². The van der Waals surface area contributed by atoms with Gasteiger partial charge in [0.15, 0.2) is 0 Å². The molecule has 34 heavy (non-hydrogen) atoms. The van der Waals surface area contributed by atoms with Gasteiger partial charge in [-0.05, 0) is 39.8 Å². The maximum absolute atomic E-state index is 13.5. The van der Waals surface area contributed by atoms with E-state index in [9.17, 15) is 14.4 Å². The van der Waals surface area contributed by atoms with Crippen molar-refractivity contribution in [1.29, 1.82) is 0 Å². The van der Waals surface area contributed by atoms with Gasteiger partial charge >= 0.3 is 12.1 Å². The summed E-state index contributed by atoms with van der Waals surface area (Å²) in [5, 5.41) is 2.51. The van der Waals surface area contributed by atoms with E-state index < -0.39 is 29.7 Å². The molecule has 0 radical (unpaired) electrons. The number of rotatable bonds is 11. The highest BCUT2D eigenvalue weighted by molar-refractivity contribution is 5.96. The van der Waals surface area contributed by atoms with Crippen molar-refractivity contribution in [3.05, 3.63) is 48.2 Å². The zero-order valence-corrected chi connectivity index (χ0v) is 21.1. The van der Waals surface area contributed by atoms with E-state index >= 15 is 0 Å². The number of amides is 2. The number of nitrogens with one attached hydrogen (secondary N) is 1. The highest BCUT2D eigenvalue weighted by Gasteiger charge is 2.26. The zero-order chi connectivity index (χ0) is 25.9. The largest absolute Gasteiger partial charge is 0.497 e. The van der Waals surface area contributed by atoms with Gasteiger partial charge in [-0.1, -0.05) is 12.2 Å². The molecule has 0 aliphatic rings. The van der Waals surface area contributed by atoms with E-state index in [2.05, 4.69) is 11.9 Å². The smallest absolute Gasteiger partial charge is 0.412 e. The van der Waals surface area contributed by atoms with Crippen molar-refractivity contribution in [1.82, 2.24) is 10.2 Å². The quantitative estimate of drug-likeness (QED) is 0.293. The van der Waals surface area contributed by atoms with Crippen LogP contribution in [0.2, 0.25) is 0 Å². The van der Waals surface area contributed by atoms with E-state index in [1.807, 2.05) is 0 Å². The number of benzene rings is 1. The molecule has 9 nitrogen and oxygen atoms in total. The minimum Gasteiger partial charge on any atom is -0.497 e. The van der Waals surface area contributed by atoms with Crippen LogP contribution in [0.15, 0.2) is 42.6 Å². The van der Waals surface area contributed by atoms with E-state index in [0.717, 1.165) is 0 Å². The Morgan fingerprint density at radius 1 is 1.18 bits per heavy atom. The molecule has 0 saturated carbocycles. The van der Waals surface area contributed by atoms with Gasteiger partial charge in [-0.3, -0.25) is 14.9 Å². The minimum absolute atomic E-state index is 0.0295. The summed E-state index contributed by atoms with van der Waals surface area (Å²) in [5.74, 6) is 0.169. The fourth-order valence-electron chi connectivity index (χ4n) is 3.07. The summed E-state index contributed by atoms with van der Waals surface area (Å²) in [6.45, 7) is 12.0. The molecule has 1 atom stereocenters. The lowest BCUT2D eigenvalue weighted by Crippen LogP contribution is -2.43. The lowest BCUT2D eigenvalue weighted by Gasteiger charge is -2.29. The topological polar surface area (TPSA) is 103 Å². The molecule has 0 aliphatic heterocycles. The molecule has 0 aliphatic carbocycles. The van der Waals surface area contributed by atoms with Crippen LogP contribution in [-0.4, -0.2) is 55.3 Å². The van der Waals surface area contributed by atoms with E-state index in [0.29, 0.717) is 23.5 Å². The van der Waals surface area contributed by atoms with Gasteiger partial charge in [0, 0.05) is 31.5 Å². The molecular weight excluding hydrogens is 440 g/mol. The number of hydrogen-bond donors (Lipinski definition) is 1. The maximum Gasteiger partial charge on any atom is 0.412 e. The van der Waals surface area contributed by atoms with E-state index in [1.54, 1.807) is 59.1 Å². The average molecular weight is 477 g/mol. The van der Waals surface area contributed by atoms with Crippen LogP contribution >= 0.6 is 0 Å². The molecule has 0 aromatic heterocycles. The Hall–Kier alpha value is -3.49. The monoisotopic (exact) mass is 476 g/mol. The van der Waals surface area contributed by atoms with Crippen LogP contribution in [0.1, 0.15) is 46.6 Å². The predicted octanol–water partition coefficient (Wildman–Crippen LogP) is 3.97. The summed E-state index contributed by atoms with van der Waals surface area (Å²) in [6, 6.07) is 5.24. The van der Waals surface area contributed by atoms with Gasteiger partial charge in [-0.2, -0.15) is 0 Å². The first-order chi connectivity index (χ1) is 15.9. The lowest BCUT2D eigenvalue weighted by molar-refractivity contribution is -0.149. The molecule has 9 heteroatoms. The number of allylic oxidation sites excluding steroid dienone is 1. The Morgan fingerprint density at radius 2 is 1.85 bits per heavy atom. The predicted molar refractivity (Wildman–Crippen MR) is 128 cm³/mol. The molecule has 1 aromatic carbocycles. The Balaban J connectivity index is 3.29. The normalized spacial score (nSPS) is 12.3. The number of nitrogens with zero attached hydrogens (tertiary/aromatic N) is 1. The fourth-order valence-corrected chi connectivity index (χ4v) is 3.07. The van der Waals surface area contributed by atoms with Crippen LogP contribution in [-0.2, 0) is 25.6 Å². The number of alkyl carbamates (subject to hydrolysis) is 1. The number of esters is 1. The van der Waals surface area contributed by atoms with Gasteiger partial charge in [0.25, 0.3) is 5.91 Å². The Morgan fingerprint density at radius 3 is 2.35 bits per heavy atom. The average Bonchev–Trinajstić information content (AvgIpc) is 2.75. The number of hydrogen-bond acceptors (Lipinski definition) is 7. The summed E-state index contributed by atoms with van der Waals surface area (Å²) in [7, 11) is 3.06. The van der Waals surface area contributed by atoms with Gasteiger partial charge in [-0.15, -0.1) is 6.58 Å². The third-order valence-corrected chi connectivity index (χ3v) is 4.48. The molecule has 0 heterocycles. The number of ether oxygens (including phenoxy) is 4. The molecule has 0 fully saturated rings. The van der Waals surface area contributed by atoms with Crippen LogP contribution in [0, 0.1) is 0 Å². The minimum atomic E-state index is -0.751. The summed E-state index contributed by atoms with van der Waals surface area (Å²) in [4.78, 5) is 38.8. The third-order valence-electron chi connectivity index (χ3n) is 4.48. The molecule has 1 unspecified atom stereocenters. The molecule has 0 saturated heterocycles. The van der Waals surface area contributed by atoms with Gasteiger partial charge in [0.1, 0.15) is 28.9 Å². The first kappa shape index (κ1) is 28.5. The highest BCUT2D eigenvalue weighted by Crippen LogP contribution is 2.26. The zero-order valence-electron chi connectivity index (χ0n) is 21.1. The highest BCUT2D eigenvalue weighted by atomic mass is 16.6. The van der Waals surface area contributed by atoms with Crippen LogP contribution in [0.3, 0.4) is 0 Å². The Kier molecular flexibility index (Phi) is 11.1. The van der Waals surface area contributed by atoms with Crippen LogP contribution in [0.5, 0.6) is 11.5 Å². The second-order valence-corrected chi connectivity index (χ2v) is 8.45. The van der Waals surface area contributed by atoms with E-state index in [1.165, 1.54) is 25.0 Å². The van der Waals surface area contributed by atoms with Crippen molar-refractivity contribution in [3.63, 3.8) is 0 Å². The summed E-state index contributed by atoms with van der Waals surface area (Å²) in [5.41, 5.74) is -0.00145. The SMILES string of the molecule is C=CCC(CN(Cc1ccc(OC)cc1OC)C(=O)/C(=C\C)NC(=O)OC(C)(C)C)OC(C)=O. The van der Waals surface area contributed by atoms with Gasteiger partial charge in [-0.25, -0.2) is 4.79 Å². The van der Waals surface area contributed by atoms with Gasteiger partial charge in [0.05, 0.1) is 20.8 Å².